The highest BCUT2D eigenvalue weighted by Gasteiger charge is 2.14. The van der Waals surface area contributed by atoms with Gasteiger partial charge in [-0.1, -0.05) is 11.6 Å². The molecule has 0 saturated carbocycles. The van der Waals surface area contributed by atoms with Crippen LogP contribution in [0.4, 0.5) is 5.69 Å². The Balaban J connectivity index is 3.21. The summed E-state index contributed by atoms with van der Waals surface area (Å²) in [6.07, 6.45) is 0. The van der Waals surface area contributed by atoms with E-state index in [1.165, 1.54) is 19.2 Å². The second kappa shape index (κ2) is 5.29. The van der Waals surface area contributed by atoms with Gasteiger partial charge in [-0.15, -0.1) is 0 Å². The maximum Gasteiger partial charge on any atom is 0.339 e. The lowest BCUT2D eigenvalue weighted by molar-refractivity contribution is 0.0602. The Morgan fingerprint density at radius 2 is 2.25 bits per heavy atom. The van der Waals surface area contributed by atoms with E-state index in [4.69, 9.17) is 21.9 Å². The third-order valence-corrected chi connectivity index (χ3v) is 2.81. The molecule has 0 aliphatic rings. The Hall–Kier alpha value is -1.11. The van der Waals surface area contributed by atoms with Crippen LogP contribution in [0.25, 0.3) is 0 Å². The number of carbonyl (C=O) groups is 1. The number of nitrogens with two attached hydrogens (primary N) is 1. The van der Waals surface area contributed by atoms with Crippen molar-refractivity contribution in [2.75, 3.05) is 12.8 Å². The van der Waals surface area contributed by atoms with E-state index in [9.17, 15) is 9.00 Å². The van der Waals surface area contributed by atoms with Gasteiger partial charge in [0.1, 0.15) is 0 Å². The molecule has 1 rings (SSSR count). The topological polar surface area (TPSA) is 89.6 Å². The zero-order valence-corrected chi connectivity index (χ0v) is 9.97. The fraction of sp³-hybridized carbons (Fsp3) is 0.222. The fourth-order valence-corrected chi connectivity index (χ4v) is 1.99. The Morgan fingerprint density at radius 3 is 2.75 bits per heavy atom. The fourth-order valence-electron chi connectivity index (χ4n) is 1.16. The lowest BCUT2D eigenvalue weighted by atomic mass is 10.1. The van der Waals surface area contributed by atoms with E-state index in [0.717, 1.165) is 0 Å². The Bertz CT molecular complexity index is 449. The third kappa shape index (κ3) is 2.94. The summed E-state index contributed by atoms with van der Waals surface area (Å²) in [5.74, 6) is -0.775. The number of hydrogen-bond acceptors (Lipinski definition) is 4. The van der Waals surface area contributed by atoms with Crippen molar-refractivity contribution in [1.82, 2.24) is 0 Å². The first-order chi connectivity index (χ1) is 7.45. The number of halogens is 1. The first kappa shape index (κ1) is 13.0. The number of carbonyl (C=O) groups excluding carboxylic acids is 1. The molecule has 7 heteroatoms. The highest BCUT2D eigenvalue weighted by molar-refractivity contribution is 7.78. The van der Waals surface area contributed by atoms with E-state index in [-0.39, 0.29) is 22.0 Å². The van der Waals surface area contributed by atoms with Crippen molar-refractivity contribution in [2.45, 2.75) is 5.75 Å². The highest BCUT2D eigenvalue weighted by atomic mass is 35.5. The second-order valence-electron chi connectivity index (χ2n) is 2.99. The minimum atomic E-state index is -2.03. The van der Waals surface area contributed by atoms with Gasteiger partial charge in [-0.05, 0) is 17.7 Å². The maximum absolute atomic E-state index is 11.3. The van der Waals surface area contributed by atoms with Crippen molar-refractivity contribution in [3.8, 4) is 0 Å². The number of esters is 1. The number of methoxy groups -OCH3 is 1. The van der Waals surface area contributed by atoms with Crippen LogP contribution in [0.2, 0.25) is 5.02 Å². The first-order valence-electron chi connectivity index (χ1n) is 4.19. The van der Waals surface area contributed by atoms with Crippen molar-refractivity contribution < 1.29 is 18.3 Å². The van der Waals surface area contributed by atoms with Crippen molar-refractivity contribution in [3.05, 3.63) is 28.3 Å². The molecule has 5 nitrogen and oxygen atoms in total. The molecule has 0 spiro atoms. The van der Waals surface area contributed by atoms with Crippen LogP contribution < -0.4 is 5.73 Å². The Morgan fingerprint density at radius 1 is 1.62 bits per heavy atom. The molecule has 0 saturated heterocycles. The van der Waals surface area contributed by atoms with Crippen LogP contribution in [0.5, 0.6) is 0 Å². The quantitative estimate of drug-likeness (QED) is 0.489. The van der Waals surface area contributed by atoms with Gasteiger partial charge in [-0.2, -0.15) is 0 Å². The number of rotatable bonds is 3. The molecule has 3 N–H and O–H groups in total. The SMILES string of the molecule is COC(=O)c1cc(CS(=O)O)c(Cl)cc1N. The molecule has 0 aromatic heterocycles. The molecule has 0 aliphatic carbocycles. The zero-order chi connectivity index (χ0) is 12.3. The molecule has 0 aliphatic heterocycles. The molecular formula is C9H10ClNO4S. The van der Waals surface area contributed by atoms with Gasteiger partial charge in [0.15, 0.2) is 11.1 Å². The van der Waals surface area contributed by atoms with Crippen molar-refractivity contribution >= 4 is 34.3 Å². The molecule has 0 radical (unpaired) electrons. The van der Waals surface area contributed by atoms with E-state index in [1.807, 2.05) is 0 Å². The predicted molar refractivity (Wildman–Crippen MR) is 61.7 cm³/mol. The van der Waals surface area contributed by atoms with Crippen LogP contribution in [0.15, 0.2) is 12.1 Å². The number of hydrogen-bond donors (Lipinski definition) is 2. The largest absolute Gasteiger partial charge is 0.465 e. The molecule has 1 atom stereocenters. The summed E-state index contributed by atoms with van der Waals surface area (Å²) in [4.78, 5) is 11.3. The first-order valence-corrected chi connectivity index (χ1v) is 5.84. The standard InChI is InChI=1S/C9H10ClNO4S/c1-15-9(12)6-2-5(4-16(13)14)7(10)3-8(6)11/h2-3H,4,11H2,1H3,(H,13,14). The van der Waals surface area contributed by atoms with E-state index in [0.29, 0.717) is 5.56 Å². The van der Waals surface area contributed by atoms with E-state index in [1.54, 1.807) is 0 Å². The molecule has 0 heterocycles. The third-order valence-electron chi connectivity index (χ3n) is 1.90. The van der Waals surface area contributed by atoms with Crippen molar-refractivity contribution in [1.29, 1.82) is 0 Å². The van der Waals surface area contributed by atoms with Gasteiger partial charge in [-0.3, -0.25) is 0 Å². The molecule has 0 bridgehead atoms. The number of benzene rings is 1. The van der Waals surface area contributed by atoms with Crippen LogP contribution in [0, 0.1) is 0 Å². The molecule has 1 unspecified atom stereocenters. The highest BCUT2D eigenvalue weighted by Crippen LogP contribution is 2.25. The minimum absolute atomic E-state index is 0.132. The summed E-state index contributed by atoms with van der Waals surface area (Å²) in [6.45, 7) is 0. The van der Waals surface area contributed by atoms with Crippen LogP contribution in [-0.4, -0.2) is 21.8 Å². The number of ether oxygens (including phenoxy) is 1. The van der Waals surface area contributed by atoms with Gasteiger partial charge in [0.2, 0.25) is 0 Å². The summed E-state index contributed by atoms with van der Waals surface area (Å²) in [5.41, 5.74) is 6.25. The maximum atomic E-state index is 11.3. The summed E-state index contributed by atoms with van der Waals surface area (Å²) in [7, 11) is 1.22. The van der Waals surface area contributed by atoms with Crippen LogP contribution in [0.1, 0.15) is 15.9 Å². The number of nitrogen functional groups attached to an aromatic ring is 1. The van der Waals surface area contributed by atoms with Crippen molar-refractivity contribution in [3.63, 3.8) is 0 Å². The Kier molecular flexibility index (Phi) is 4.28. The molecule has 1 aromatic rings. The average molecular weight is 264 g/mol. The zero-order valence-electron chi connectivity index (χ0n) is 8.40. The molecule has 0 amide bonds. The molecule has 1 aromatic carbocycles. The smallest absolute Gasteiger partial charge is 0.339 e. The average Bonchev–Trinajstić information content (AvgIpc) is 2.20. The Labute approximate surface area is 99.8 Å². The predicted octanol–water partition coefficient (Wildman–Crippen LogP) is 1.43. The van der Waals surface area contributed by atoms with Crippen LogP contribution in [0.3, 0.4) is 0 Å². The van der Waals surface area contributed by atoms with Gasteiger partial charge >= 0.3 is 5.97 Å². The van der Waals surface area contributed by atoms with E-state index in [2.05, 4.69) is 4.74 Å². The van der Waals surface area contributed by atoms with Gasteiger partial charge in [0, 0.05) is 10.7 Å². The summed E-state index contributed by atoms with van der Waals surface area (Å²) >= 11 is 3.78. The van der Waals surface area contributed by atoms with Crippen LogP contribution >= 0.6 is 11.6 Å². The van der Waals surface area contributed by atoms with Crippen LogP contribution in [-0.2, 0) is 21.6 Å². The second-order valence-corrected chi connectivity index (χ2v) is 4.33. The molecule has 0 fully saturated rings. The van der Waals surface area contributed by atoms with E-state index < -0.39 is 17.0 Å². The normalized spacial score (nSPS) is 12.2. The minimum Gasteiger partial charge on any atom is -0.465 e. The lowest BCUT2D eigenvalue weighted by Crippen LogP contribution is -2.07. The van der Waals surface area contributed by atoms with Gasteiger partial charge in [0.05, 0.1) is 18.4 Å². The summed E-state index contributed by atoms with van der Waals surface area (Å²) in [6, 6.07) is 2.72. The lowest BCUT2D eigenvalue weighted by Gasteiger charge is -2.08. The van der Waals surface area contributed by atoms with Gasteiger partial charge in [0.25, 0.3) is 0 Å². The van der Waals surface area contributed by atoms with E-state index >= 15 is 0 Å². The summed E-state index contributed by atoms with van der Waals surface area (Å²) in [5, 5.41) is 0.243. The molecular weight excluding hydrogens is 254 g/mol. The monoisotopic (exact) mass is 263 g/mol. The van der Waals surface area contributed by atoms with Gasteiger partial charge in [-0.25, -0.2) is 9.00 Å². The number of anilines is 1. The van der Waals surface area contributed by atoms with Gasteiger partial charge < -0.3 is 15.0 Å². The molecule has 88 valence electrons. The molecule has 16 heavy (non-hydrogen) atoms. The summed E-state index contributed by atoms with van der Waals surface area (Å²) < 4.78 is 23.9. The van der Waals surface area contributed by atoms with Crippen molar-refractivity contribution in [2.24, 2.45) is 0 Å².